The molecule has 1 aromatic carbocycles. The molecule has 1 aromatic heterocycles. The molecule has 1 aliphatic carbocycles. The lowest BCUT2D eigenvalue weighted by molar-refractivity contribution is -0.385. The zero-order valence-electron chi connectivity index (χ0n) is 13.6. The Labute approximate surface area is 144 Å². The van der Waals surface area contributed by atoms with Crippen molar-refractivity contribution in [2.75, 3.05) is 6.54 Å². The summed E-state index contributed by atoms with van der Waals surface area (Å²) < 4.78 is 0. The monoisotopic (exact) mass is 344 g/mol. The van der Waals surface area contributed by atoms with Crippen LogP contribution >= 0.6 is 11.3 Å². The average molecular weight is 344 g/mol. The van der Waals surface area contributed by atoms with E-state index in [1.807, 2.05) is 0 Å². The molecule has 0 aliphatic heterocycles. The van der Waals surface area contributed by atoms with E-state index in [1.165, 1.54) is 30.5 Å². The van der Waals surface area contributed by atoms with Gasteiger partial charge in [-0.1, -0.05) is 12.8 Å². The van der Waals surface area contributed by atoms with Gasteiger partial charge in [0.1, 0.15) is 0 Å². The van der Waals surface area contributed by atoms with Gasteiger partial charge in [-0.3, -0.25) is 14.9 Å². The van der Waals surface area contributed by atoms with Crippen LogP contribution in [0.2, 0.25) is 0 Å². The SMILES string of the molecule is Cc1cc(C(=O)NCC2(c3ccsc3)CCCC2)ccc1[N+](=O)[O-]. The Morgan fingerprint density at radius 1 is 1.33 bits per heavy atom. The van der Waals surface area contributed by atoms with E-state index in [0.29, 0.717) is 17.7 Å². The van der Waals surface area contributed by atoms with Gasteiger partial charge < -0.3 is 5.32 Å². The molecule has 1 N–H and O–H groups in total. The van der Waals surface area contributed by atoms with Crippen molar-refractivity contribution in [2.24, 2.45) is 0 Å². The van der Waals surface area contributed by atoms with Crippen molar-refractivity contribution in [3.63, 3.8) is 0 Å². The van der Waals surface area contributed by atoms with Crippen LogP contribution in [0.1, 0.15) is 47.2 Å². The van der Waals surface area contributed by atoms with E-state index in [4.69, 9.17) is 0 Å². The molecule has 1 saturated carbocycles. The van der Waals surface area contributed by atoms with E-state index in [1.54, 1.807) is 24.3 Å². The molecule has 1 heterocycles. The summed E-state index contributed by atoms with van der Waals surface area (Å²) >= 11 is 1.69. The molecule has 1 amide bonds. The van der Waals surface area contributed by atoms with Gasteiger partial charge >= 0.3 is 0 Å². The molecule has 1 aliphatic rings. The van der Waals surface area contributed by atoms with Crippen molar-refractivity contribution in [1.29, 1.82) is 0 Å². The first-order chi connectivity index (χ1) is 11.5. The van der Waals surface area contributed by atoms with Gasteiger partial charge in [-0.2, -0.15) is 11.3 Å². The van der Waals surface area contributed by atoms with E-state index in [-0.39, 0.29) is 17.0 Å². The minimum atomic E-state index is -0.429. The zero-order valence-corrected chi connectivity index (χ0v) is 14.4. The number of rotatable bonds is 5. The second-order valence-electron chi connectivity index (χ2n) is 6.44. The van der Waals surface area contributed by atoms with Gasteiger partial charge in [0, 0.05) is 29.2 Å². The van der Waals surface area contributed by atoms with E-state index in [2.05, 4.69) is 22.1 Å². The van der Waals surface area contributed by atoms with Gasteiger partial charge in [-0.15, -0.1) is 0 Å². The molecule has 24 heavy (non-hydrogen) atoms. The lowest BCUT2D eigenvalue weighted by atomic mass is 9.80. The maximum absolute atomic E-state index is 12.5. The van der Waals surface area contributed by atoms with Crippen LogP contribution in [0.15, 0.2) is 35.0 Å². The Hall–Kier alpha value is -2.21. The van der Waals surface area contributed by atoms with Crippen LogP contribution in [0.3, 0.4) is 0 Å². The summed E-state index contributed by atoms with van der Waals surface area (Å²) in [6.07, 6.45) is 4.54. The number of hydrogen-bond donors (Lipinski definition) is 1. The fourth-order valence-electron chi connectivity index (χ4n) is 3.54. The third kappa shape index (κ3) is 3.19. The molecule has 2 aromatic rings. The molecule has 0 radical (unpaired) electrons. The number of aryl methyl sites for hydroxylation is 1. The first kappa shape index (κ1) is 16.6. The summed E-state index contributed by atoms with van der Waals surface area (Å²) in [6, 6.07) is 6.65. The predicted molar refractivity (Wildman–Crippen MR) is 94.6 cm³/mol. The number of benzene rings is 1. The van der Waals surface area contributed by atoms with Gasteiger partial charge in [-0.05, 0) is 54.3 Å². The highest BCUT2D eigenvalue weighted by atomic mass is 32.1. The van der Waals surface area contributed by atoms with E-state index >= 15 is 0 Å². The Kier molecular flexibility index (Phi) is 4.66. The Morgan fingerprint density at radius 2 is 2.08 bits per heavy atom. The third-order valence-corrected chi connectivity index (χ3v) is 5.62. The molecule has 5 nitrogen and oxygen atoms in total. The number of nitrogens with one attached hydrogen (secondary N) is 1. The standard InChI is InChI=1S/C18H20N2O3S/c1-13-10-14(4-5-16(13)20(22)23)17(21)19-12-18(7-2-3-8-18)15-6-9-24-11-15/h4-6,9-11H,2-3,7-8,12H2,1H3,(H,19,21). The highest BCUT2D eigenvalue weighted by Crippen LogP contribution is 2.41. The molecular weight excluding hydrogens is 324 g/mol. The van der Waals surface area contributed by atoms with Gasteiger partial charge in [0.2, 0.25) is 0 Å². The van der Waals surface area contributed by atoms with Crippen LogP contribution in [0, 0.1) is 17.0 Å². The van der Waals surface area contributed by atoms with Crippen molar-refractivity contribution in [3.8, 4) is 0 Å². The summed E-state index contributed by atoms with van der Waals surface area (Å²) in [5, 5.41) is 18.2. The van der Waals surface area contributed by atoms with Crippen LogP contribution in [-0.4, -0.2) is 17.4 Å². The quantitative estimate of drug-likeness (QED) is 0.652. The van der Waals surface area contributed by atoms with E-state index in [9.17, 15) is 14.9 Å². The molecule has 0 unspecified atom stereocenters. The second kappa shape index (κ2) is 6.73. The topological polar surface area (TPSA) is 72.2 Å². The smallest absolute Gasteiger partial charge is 0.272 e. The number of carbonyl (C=O) groups excluding carboxylic acids is 1. The lowest BCUT2D eigenvalue weighted by Gasteiger charge is -2.28. The Morgan fingerprint density at radius 3 is 2.67 bits per heavy atom. The van der Waals surface area contributed by atoms with Gasteiger partial charge in [0.05, 0.1) is 4.92 Å². The lowest BCUT2D eigenvalue weighted by Crippen LogP contribution is -2.38. The van der Waals surface area contributed by atoms with Crippen molar-refractivity contribution < 1.29 is 9.72 Å². The van der Waals surface area contributed by atoms with Gasteiger partial charge in [0.15, 0.2) is 0 Å². The minimum Gasteiger partial charge on any atom is -0.351 e. The fraction of sp³-hybridized carbons (Fsp3) is 0.389. The summed E-state index contributed by atoms with van der Waals surface area (Å²) in [4.78, 5) is 22.9. The maximum Gasteiger partial charge on any atom is 0.272 e. The van der Waals surface area contributed by atoms with Crippen LogP contribution in [0.5, 0.6) is 0 Å². The average Bonchev–Trinajstić information content (AvgIpc) is 3.24. The molecule has 0 saturated heterocycles. The highest BCUT2D eigenvalue weighted by Gasteiger charge is 2.36. The molecule has 3 rings (SSSR count). The van der Waals surface area contributed by atoms with E-state index in [0.717, 1.165) is 12.8 Å². The summed E-state index contributed by atoms with van der Waals surface area (Å²) in [7, 11) is 0. The second-order valence-corrected chi connectivity index (χ2v) is 7.22. The molecule has 1 fully saturated rings. The molecular formula is C18H20N2O3S. The number of nitro benzene ring substituents is 1. The Bertz CT molecular complexity index is 750. The summed E-state index contributed by atoms with van der Waals surface area (Å²) in [6.45, 7) is 2.26. The predicted octanol–water partition coefficient (Wildman–Crippen LogP) is 4.21. The fourth-order valence-corrected chi connectivity index (χ4v) is 4.32. The van der Waals surface area contributed by atoms with Crippen molar-refractivity contribution in [1.82, 2.24) is 5.32 Å². The number of nitro groups is 1. The van der Waals surface area contributed by atoms with Crippen LogP contribution in [0.25, 0.3) is 0 Å². The number of carbonyl (C=O) groups is 1. The number of amides is 1. The molecule has 126 valence electrons. The maximum atomic E-state index is 12.5. The van der Waals surface area contributed by atoms with Crippen LogP contribution in [0.4, 0.5) is 5.69 Å². The van der Waals surface area contributed by atoms with Crippen LogP contribution < -0.4 is 5.32 Å². The van der Waals surface area contributed by atoms with Gasteiger partial charge in [0.25, 0.3) is 11.6 Å². The molecule has 0 atom stereocenters. The molecule has 6 heteroatoms. The third-order valence-electron chi connectivity index (χ3n) is 4.94. The number of thiophene rings is 1. The Balaban J connectivity index is 1.73. The first-order valence-corrected chi connectivity index (χ1v) is 9.02. The molecule has 0 spiro atoms. The minimum absolute atomic E-state index is 0.0332. The first-order valence-electron chi connectivity index (χ1n) is 8.08. The normalized spacial score (nSPS) is 16.0. The summed E-state index contributed by atoms with van der Waals surface area (Å²) in [5.74, 6) is -0.172. The van der Waals surface area contributed by atoms with Crippen molar-refractivity contribution in [3.05, 3.63) is 61.8 Å². The zero-order chi connectivity index (χ0) is 17.2. The number of nitrogens with zero attached hydrogens (tertiary/aromatic N) is 1. The molecule has 0 bridgehead atoms. The van der Waals surface area contributed by atoms with Crippen LogP contribution in [-0.2, 0) is 5.41 Å². The highest BCUT2D eigenvalue weighted by molar-refractivity contribution is 7.08. The van der Waals surface area contributed by atoms with Gasteiger partial charge in [-0.25, -0.2) is 0 Å². The van der Waals surface area contributed by atoms with E-state index < -0.39 is 4.92 Å². The van der Waals surface area contributed by atoms with Crippen molar-refractivity contribution in [2.45, 2.75) is 38.0 Å². The van der Waals surface area contributed by atoms with Crippen molar-refractivity contribution >= 4 is 22.9 Å². The number of hydrogen-bond acceptors (Lipinski definition) is 4. The largest absolute Gasteiger partial charge is 0.351 e. The summed E-state index contributed by atoms with van der Waals surface area (Å²) in [5.41, 5.74) is 2.35.